The first-order chi connectivity index (χ1) is 9.77. The van der Waals surface area contributed by atoms with Gasteiger partial charge in [0.05, 0.1) is 5.92 Å². The number of amides is 1. The molecule has 1 saturated heterocycles. The number of carbonyl (C=O) groups is 1. The SMILES string of the molecule is O=C(Cn1ccc(=O)[nH]c1=O)N1CCC[C@@H](C(F)(F)F)C1. The monoisotopic (exact) mass is 305 g/mol. The van der Waals surface area contributed by atoms with E-state index >= 15 is 0 Å². The maximum absolute atomic E-state index is 12.7. The normalized spacial score (nSPS) is 19.6. The minimum Gasteiger partial charge on any atom is -0.341 e. The Bertz CT molecular complexity index is 635. The van der Waals surface area contributed by atoms with Crippen molar-refractivity contribution in [2.45, 2.75) is 25.6 Å². The topological polar surface area (TPSA) is 75.2 Å². The minimum absolute atomic E-state index is 0.00584. The number of alkyl halides is 3. The number of halogens is 3. The second kappa shape index (κ2) is 5.74. The highest BCUT2D eigenvalue weighted by atomic mass is 19.4. The minimum atomic E-state index is -4.33. The molecule has 1 aliphatic rings. The average molecular weight is 305 g/mol. The summed E-state index contributed by atoms with van der Waals surface area (Å²) in [5, 5.41) is 0. The van der Waals surface area contributed by atoms with Crippen LogP contribution in [0.25, 0.3) is 0 Å². The average Bonchev–Trinajstić information content (AvgIpc) is 2.41. The summed E-state index contributed by atoms with van der Waals surface area (Å²) in [6.45, 7) is -0.538. The zero-order chi connectivity index (χ0) is 15.6. The van der Waals surface area contributed by atoms with Crippen LogP contribution in [0.3, 0.4) is 0 Å². The van der Waals surface area contributed by atoms with E-state index in [9.17, 15) is 27.6 Å². The van der Waals surface area contributed by atoms with E-state index in [1.54, 1.807) is 0 Å². The zero-order valence-corrected chi connectivity index (χ0v) is 11.0. The Morgan fingerprint density at radius 3 is 2.71 bits per heavy atom. The van der Waals surface area contributed by atoms with E-state index in [0.717, 1.165) is 21.7 Å². The van der Waals surface area contributed by atoms with Crippen LogP contribution in [0.15, 0.2) is 21.9 Å². The van der Waals surface area contributed by atoms with Gasteiger partial charge in [0.15, 0.2) is 0 Å². The molecule has 0 aromatic carbocycles. The first kappa shape index (κ1) is 15.3. The molecule has 6 nitrogen and oxygen atoms in total. The van der Waals surface area contributed by atoms with E-state index in [2.05, 4.69) is 0 Å². The van der Waals surface area contributed by atoms with Crippen molar-refractivity contribution in [2.24, 2.45) is 5.92 Å². The van der Waals surface area contributed by atoms with Crippen molar-refractivity contribution in [2.75, 3.05) is 13.1 Å². The van der Waals surface area contributed by atoms with Gasteiger partial charge in [0.1, 0.15) is 6.54 Å². The number of aromatic amines is 1. The third-order valence-corrected chi connectivity index (χ3v) is 3.44. The predicted molar refractivity (Wildman–Crippen MR) is 66.7 cm³/mol. The Morgan fingerprint density at radius 1 is 1.38 bits per heavy atom. The van der Waals surface area contributed by atoms with Gasteiger partial charge >= 0.3 is 11.9 Å². The van der Waals surface area contributed by atoms with Gasteiger partial charge in [-0.2, -0.15) is 13.2 Å². The zero-order valence-electron chi connectivity index (χ0n) is 11.0. The molecule has 1 amide bonds. The number of likely N-dealkylation sites (tertiary alicyclic amines) is 1. The van der Waals surface area contributed by atoms with E-state index in [-0.39, 0.29) is 32.5 Å². The molecule has 1 fully saturated rings. The Morgan fingerprint density at radius 2 is 2.10 bits per heavy atom. The molecule has 1 aromatic rings. The molecule has 1 aromatic heterocycles. The van der Waals surface area contributed by atoms with E-state index in [1.807, 2.05) is 4.98 Å². The summed E-state index contributed by atoms with van der Waals surface area (Å²) in [5.41, 5.74) is -1.36. The summed E-state index contributed by atoms with van der Waals surface area (Å²) < 4.78 is 39.0. The van der Waals surface area contributed by atoms with Crippen LogP contribution in [0.4, 0.5) is 13.2 Å². The fourth-order valence-corrected chi connectivity index (χ4v) is 2.29. The molecule has 0 saturated carbocycles. The van der Waals surface area contributed by atoms with Crippen LogP contribution in [0.1, 0.15) is 12.8 Å². The van der Waals surface area contributed by atoms with Crippen LogP contribution >= 0.6 is 0 Å². The van der Waals surface area contributed by atoms with Crippen LogP contribution in [0.2, 0.25) is 0 Å². The highest BCUT2D eigenvalue weighted by molar-refractivity contribution is 5.76. The van der Waals surface area contributed by atoms with Gasteiger partial charge in [-0.15, -0.1) is 0 Å². The molecule has 0 bridgehead atoms. The van der Waals surface area contributed by atoms with Crippen molar-refractivity contribution in [1.82, 2.24) is 14.5 Å². The summed E-state index contributed by atoms with van der Waals surface area (Å²) in [6.07, 6.45) is -2.90. The highest BCUT2D eigenvalue weighted by Gasteiger charge is 2.42. The first-order valence-corrected chi connectivity index (χ1v) is 6.41. The second-order valence-electron chi connectivity index (χ2n) is 4.96. The van der Waals surface area contributed by atoms with Gasteiger partial charge in [-0.05, 0) is 12.8 Å². The van der Waals surface area contributed by atoms with E-state index in [1.165, 1.54) is 0 Å². The number of nitrogens with one attached hydrogen (secondary N) is 1. The van der Waals surface area contributed by atoms with Crippen molar-refractivity contribution < 1.29 is 18.0 Å². The molecule has 1 aliphatic heterocycles. The third kappa shape index (κ3) is 3.73. The molecule has 0 spiro atoms. The van der Waals surface area contributed by atoms with Crippen molar-refractivity contribution in [1.29, 1.82) is 0 Å². The lowest BCUT2D eigenvalue weighted by atomic mass is 9.97. The maximum Gasteiger partial charge on any atom is 0.393 e. The number of nitrogens with zero attached hydrogens (tertiary/aromatic N) is 2. The Kier molecular flexibility index (Phi) is 4.19. The molecule has 9 heteroatoms. The second-order valence-corrected chi connectivity index (χ2v) is 4.96. The summed E-state index contributed by atoms with van der Waals surface area (Å²) in [6, 6.07) is 1.07. The van der Waals surface area contributed by atoms with Crippen molar-refractivity contribution in [3.8, 4) is 0 Å². The largest absolute Gasteiger partial charge is 0.393 e. The van der Waals surface area contributed by atoms with Gasteiger partial charge < -0.3 is 4.90 Å². The Hall–Kier alpha value is -2.06. The third-order valence-electron chi connectivity index (χ3n) is 3.44. The summed E-state index contributed by atoms with van der Waals surface area (Å²) >= 11 is 0. The molecule has 2 heterocycles. The van der Waals surface area contributed by atoms with Crippen LogP contribution in [0.5, 0.6) is 0 Å². The fourth-order valence-electron chi connectivity index (χ4n) is 2.29. The van der Waals surface area contributed by atoms with Gasteiger partial charge in [0, 0.05) is 25.4 Å². The molecule has 0 aliphatic carbocycles. The first-order valence-electron chi connectivity index (χ1n) is 6.41. The van der Waals surface area contributed by atoms with Crippen molar-refractivity contribution in [3.63, 3.8) is 0 Å². The number of piperidine rings is 1. The molecule has 0 radical (unpaired) electrons. The number of rotatable bonds is 2. The van der Waals surface area contributed by atoms with Crippen LogP contribution in [-0.4, -0.2) is 39.6 Å². The smallest absolute Gasteiger partial charge is 0.341 e. The summed E-state index contributed by atoms with van der Waals surface area (Å²) in [7, 11) is 0. The predicted octanol–water partition coefficient (Wildman–Crippen LogP) is 0.337. The van der Waals surface area contributed by atoms with E-state index in [0.29, 0.717) is 0 Å². The van der Waals surface area contributed by atoms with Crippen molar-refractivity contribution in [3.05, 3.63) is 33.1 Å². The van der Waals surface area contributed by atoms with Crippen LogP contribution < -0.4 is 11.2 Å². The van der Waals surface area contributed by atoms with E-state index < -0.39 is 29.3 Å². The standard InChI is InChI=1S/C12H14F3N3O3/c13-12(14,15)8-2-1-4-17(6-8)10(20)7-18-5-3-9(19)16-11(18)21/h3,5,8H,1-2,4,6-7H2,(H,16,19,21)/t8-/m1/s1. The van der Waals surface area contributed by atoms with Crippen LogP contribution in [-0.2, 0) is 11.3 Å². The Labute approximate surface area is 117 Å². The molecule has 1 N–H and O–H groups in total. The van der Waals surface area contributed by atoms with Gasteiger partial charge in [-0.25, -0.2) is 4.79 Å². The van der Waals surface area contributed by atoms with Gasteiger partial charge in [-0.3, -0.25) is 19.1 Å². The molecule has 116 valence electrons. The highest BCUT2D eigenvalue weighted by Crippen LogP contribution is 2.33. The molecule has 21 heavy (non-hydrogen) atoms. The van der Waals surface area contributed by atoms with Gasteiger partial charge in [0.2, 0.25) is 5.91 Å². The van der Waals surface area contributed by atoms with Gasteiger partial charge in [-0.1, -0.05) is 0 Å². The van der Waals surface area contributed by atoms with E-state index in [4.69, 9.17) is 0 Å². The maximum atomic E-state index is 12.7. The lowest BCUT2D eigenvalue weighted by Gasteiger charge is -2.33. The number of hydrogen-bond donors (Lipinski definition) is 1. The summed E-state index contributed by atoms with van der Waals surface area (Å²) in [4.78, 5) is 37.4. The molecular formula is C12H14F3N3O3. The number of H-pyrrole nitrogens is 1. The van der Waals surface area contributed by atoms with Gasteiger partial charge in [0.25, 0.3) is 5.56 Å². The molecule has 1 atom stereocenters. The number of carbonyl (C=O) groups excluding carboxylic acids is 1. The fraction of sp³-hybridized carbons (Fsp3) is 0.583. The molecule has 2 rings (SSSR count). The molecular weight excluding hydrogens is 291 g/mol. The van der Waals surface area contributed by atoms with Crippen molar-refractivity contribution >= 4 is 5.91 Å². The lowest BCUT2D eigenvalue weighted by Crippen LogP contribution is -2.46. The lowest BCUT2D eigenvalue weighted by molar-refractivity contribution is -0.188. The Balaban J connectivity index is 2.06. The van der Waals surface area contributed by atoms with Crippen LogP contribution in [0, 0.1) is 5.92 Å². The number of aromatic nitrogens is 2. The number of hydrogen-bond acceptors (Lipinski definition) is 3. The quantitative estimate of drug-likeness (QED) is 0.856. The summed E-state index contributed by atoms with van der Waals surface area (Å²) in [5.74, 6) is -2.10. The molecule has 0 unspecified atom stereocenters.